The van der Waals surface area contributed by atoms with Crippen LogP contribution in [0.25, 0.3) is 0 Å². The van der Waals surface area contributed by atoms with E-state index < -0.39 is 4.92 Å². The molecule has 98 valence electrons. The van der Waals surface area contributed by atoms with Crippen molar-refractivity contribution < 1.29 is 14.8 Å². The number of nitro groups is 1. The largest absolute Gasteiger partial charge is 0.395 e. The van der Waals surface area contributed by atoms with Crippen molar-refractivity contribution in [1.29, 1.82) is 0 Å². The molecule has 0 aliphatic rings. The first-order valence-corrected chi connectivity index (χ1v) is 5.73. The minimum atomic E-state index is -0.578. The van der Waals surface area contributed by atoms with E-state index >= 15 is 0 Å². The second-order valence-electron chi connectivity index (χ2n) is 3.53. The molecular weight excluding hydrogens is 260 g/mol. The third kappa shape index (κ3) is 3.18. The lowest BCUT2D eigenvalue weighted by molar-refractivity contribution is -0.384. The van der Waals surface area contributed by atoms with Crippen molar-refractivity contribution in [3.05, 3.63) is 38.9 Å². The van der Waals surface area contributed by atoms with Crippen LogP contribution in [-0.2, 0) is 0 Å². The summed E-state index contributed by atoms with van der Waals surface area (Å²) in [5.74, 6) is -0.355. The fourth-order valence-corrected chi connectivity index (χ4v) is 1.74. The number of carbonyl (C=O) groups is 1. The number of nitrogens with zero attached hydrogens (tertiary/aromatic N) is 2. The van der Waals surface area contributed by atoms with Gasteiger partial charge in [0.2, 0.25) is 0 Å². The summed E-state index contributed by atoms with van der Waals surface area (Å²) < 4.78 is 0. The highest BCUT2D eigenvalue weighted by atomic mass is 35.5. The quantitative estimate of drug-likeness (QED) is 0.653. The highest BCUT2D eigenvalue weighted by Gasteiger charge is 2.19. The predicted octanol–water partition coefficient (Wildman–Crippen LogP) is 1.70. The molecule has 0 aliphatic heterocycles. The van der Waals surface area contributed by atoms with Gasteiger partial charge in [0.15, 0.2) is 0 Å². The summed E-state index contributed by atoms with van der Waals surface area (Å²) in [5.41, 5.74) is 0.0272. The second kappa shape index (κ2) is 6.32. The number of amides is 1. The summed E-state index contributed by atoms with van der Waals surface area (Å²) in [6, 6.07) is 3.69. The van der Waals surface area contributed by atoms with Crippen LogP contribution in [0.5, 0.6) is 0 Å². The lowest BCUT2D eigenvalue weighted by atomic mass is 10.1. The van der Waals surface area contributed by atoms with Crippen molar-refractivity contribution >= 4 is 23.2 Å². The van der Waals surface area contributed by atoms with Gasteiger partial charge in [-0.05, 0) is 13.0 Å². The molecule has 6 nitrogen and oxygen atoms in total. The van der Waals surface area contributed by atoms with E-state index in [0.717, 1.165) is 6.07 Å². The van der Waals surface area contributed by atoms with Crippen molar-refractivity contribution in [3.8, 4) is 0 Å². The molecule has 0 unspecified atom stereocenters. The molecule has 0 radical (unpaired) electrons. The molecule has 0 spiro atoms. The molecule has 0 aliphatic carbocycles. The van der Waals surface area contributed by atoms with Crippen LogP contribution in [0.4, 0.5) is 5.69 Å². The number of aliphatic hydroxyl groups is 1. The standard InChI is InChI=1S/C11H13ClN2O4/c1-2-13(5-6-15)11(16)9-4-3-8(14(17)18)7-10(9)12/h3-4,7,15H,2,5-6H2,1H3. The minimum absolute atomic E-state index is 0.0330. The smallest absolute Gasteiger partial charge is 0.270 e. The number of likely N-dealkylation sites (N-methyl/N-ethyl adjacent to an activating group) is 1. The Morgan fingerprint density at radius 1 is 1.56 bits per heavy atom. The van der Waals surface area contributed by atoms with E-state index in [1.807, 2.05) is 0 Å². The van der Waals surface area contributed by atoms with Gasteiger partial charge >= 0.3 is 0 Å². The Hall–Kier alpha value is -1.66. The Balaban J connectivity index is 3.02. The van der Waals surface area contributed by atoms with Gasteiger partial charge in [-0.3, -0.25) is 14.9 Å². The number of halogens is 1. The summed E-state index contributed by atoms with van der Waals surface area (Å²) in [6.07, 6.45) is 0. The first-order chi connectivity index (χ1) is 8.51. The van der Waals surface area contributed by atoms with E-state index in [1.165, 1.54) is 17.0 Å². The number of non-ortho nitro benzene ring substituents is 1. The number of carbonyl (C=O) groups excluding carboxylic acids is 1. The molecule has 7 heteroatoms. The second-order valence-corrected chi connectivity index (χ2v) is 3.94. The molecular formula is C11H13ClN2O4. The highest BCUT2D eigenvalue weighted by Crippen LogP contribution is 2.23. The molecule has 0 bridgehead atoms. The zero-order valence-electron chi connectivity index (χ0n) is 9.80. The monoisotopic (exact) mass is 272 g/mol. The molecule has 0 saturated carbocycles. The lowest BCUT2D eigenvalue weighted by Crippen LogP contribution is -2.33. The topological polar surface area (TPSA) is 83.7 Å². The van der Waals surface area contributed by atoms with Crippen molar-refractivity contribution in [2.75, 3.05) is 19.7 Å². The Morgan fingerprint density at radius 3 is 2.67 bits per heavy atom. The van der Waals surface area contributed by atoms with Gasteiger partial charge in [0.1, 0.15) is 0 Å². The Kier molecular flexibility index (Phi) is 5.06. The number of benzene rings is 1. The molecule has 0 saturated heterocycles. The van der Waals surface area contributed by atoms with Crippen LogP contribution in [0.15, 0.2) is 18.2 Å². The number of rotatable bonds is 5. The number of hydrogen-bond donors (Lipinski definition) is 1. The molecule has 0 fully saturated rings. The number of nitro benzene ring substituents is 1. The first-order valence-electron chi connectivity index (χ1n) is 5.35. The van der Waals surface area contributed by atoms with Crippen LogP contribution in [0.1, 0.15) is 17.3 Å². The van der Waals surface area contributed by atoms with Gasteiger partial charge in [-0.25, -0.2) is 0 Å². The molecule has 1 aromatic rings. The zero-order valence-corrected chi connectivity index (χ0v) is 10.6. The SMILES string of the molecule is CCN(CCO)C(=O)c1ccc([N+](=O)[O-])cc1Cl. The summed E-state index contributed by atoms with van der Waals surface area (Å²) in [6.45, 7) is 2.24. The number of aliphatic hydroxyl groups excluding tert-OH is 1. The molecule has 1 N–H and O–H groups in total. The zero-order chi connectivity index (χ0) is 13.7. The van der Waals surface area contributed by atoms with E-state index in [-0.39, 0.29) is 35.3 Å². The minimum Gasteiger partial charge on any atom is -0.395 e. The van der Waals surface area contributed by atoms with Crippen LogP contribution in [0, 0.1) is 10.1 Å². The summed E-state index contributed by atoms with van der Waals surface area (Å²) in [5, 5.41) is 19.4. The highest BCUT2D eigenvalue weighted by molar-refractivity contribution is 6.34. The van der Waals surface area contributed by atoms with Gasteiger partial charge in [0, 0.05) is 25.2 Å². The fourth-order valence-electron chi connectivity index (χ4n) is 1.49. The summed E-state index contributed by atoms with van der Waals surface area (Å²) >= 11 is 5.86. The molecule has 0 atom stereocenters. The van der Waals surface area contributed by atoms with Crippen molar-refractivity contribution in [1.82, 2.24) is 4.90 Å². The van der Waals surface area contributed by atoms with E-state index in [4.69, 9.17) is 16.7 Å². The number of hydrogen-bond acceptors (Lipinski definition) is 4. The van der Waals surface area contributed by atoms with Crippen LogP contribution in [-0.4, -0.2) is 40.5 Å². The molecule has 0 aromatic heterocycles. The van der Waals surface area contributed by atoms with Crippen molar-refractivity contribution in [3.63, 3.8) is 0 Å². The van der Waals surface area contributed by atoms with Crippen molar-refractivity contribution in [2.45, 2.75) is 6.92 Å². The van der Waals surface area contributed by atoms with Gasteiger partial charge in [-0.2, -0.15) is 0 Å². The molecule has 1 rings (SSSR count). The maximum absolute atomic E-state index is 12.0. The van der Waals surface area contributed by atoms with E-state index in [1.54, 1.807) is 6.92 Å². The van der Waals surface area contributed by atoms with E-state index in [0.29, 0.717) is 6.54 Å². The molecule has 18 heavy (non-hydrogen) atoms. The Morgan fingerprint density at radius 2 is 2.22 bits per heavy atom. The normalized spacial score (nSPS) is 10.2. The van der Waals surface area contributed by atoms with Crippen LogP contribution >= 0.6 is 11.6 Å². The van der Waals surface area contributed by atoms with Gasteiger partial charge in [0.05, 0.1) is 22.1 Å². The summed E-state index contributed by atoms with van der Waals surface area (Å²) in [4.78, 5) is 23.4. The Labute approximate surface area is 109 Å². The van der Waals surface area contributed by atoms with Gasteiger partial charge in [-0.15, -0.1) is 0 Å². The van der Waals surface area contributed by atoms with Crippen LogP contribution in [0.2, 0.25) is 5.02 Å². The maximum Gasteiger partial charge on any atom is 0.270 e. The van der Waals surface area contributed by atoms with Crippen molar-refractivity contribution in [2.24, 2.45) is 0 Å². The summed E-state index contributed by atoms with van der Waals surface area (Å²) in [7, 11) is 0. The molecule has 1 amide bonds. The molecule has 0 heterocycles. The first kappa shape index (κ1) is 14.4. The fraction of sp³-hybridized carbons (Fsp3) is 0.364. The van der Waals surface area contributed by atoms with Gasteiger partial charge < -0.3 is 10.0 Å². The average Bonchev–Trinajstić information content (AvgIpc) is 2.34. The molecule has 1 aromatic carbocycles. The maximum atomic E-state index is 12.0. The van der Waals surface area contributed by atoms with Gasteiger partial charge in [0.25, 0.3) is 11.6 Å². The van der Waals surface area contributed by atoms with Crippen LogP contribution in [0.3, 0.4) is 0 Å². The van der Waals surface area contributed by atoms with Crippen LogP contribution < -0.4 is 0 Å². The average molecular weight is 273 g/mol. The predicted molar refractivity (Wildman–Crippen MR) is 66.8 cm³/mol. The lowest BCUT2D eigenvalue weighted by Gasteiger charge is -2.20. The van der Waals surface area contributed by atoms with E-state index in [9.17, 15) is 14.9 Å². The van der Waals surface area contributed by atoms with E-state index in [2.05, 4.69) is 0 Å². The third-order valence-corrected chi connectivity index (χ3v) is 2.75. The Bertz CT molecular complexity index is 464. The van der Waals surface area contributed by atoms with Gasteiger partial charge in [-0.1, -0.05) is 11.6 Å². The third-order valence-electron chi connectivity index (χ3n) is 2.43.